The molecule has 0 radical (unpaired) electrons. The summed E-state index contributed by atoms with van der Waals surface area (Å²) in [5.74, 6) is -0.625. The molecule has 1 aliphatic heterocycles. The van der Waals surface area contributed by atoms with Crippen LogP contribution in [0.3, 0.4) is 0 Å². The minimum absolute atomic E-state index is 0.0152. The summed E-state index contributed by atoms with van der Waals surface area (Å²) in [5, 5.41) is 6.30. The third kappa shape index (κ3) is 5.68. The molecule has 1 heterocycles. The van der Waals surface area contributed by atoms with Crippen molar-refractivity contribution < 1.29 is 14.4 Å². The van der Waals surface area contributed by atoms with Crippen molar-refractivity contribution in [2.24, 2.45) is 5.92 Å². The molecular formula is C25H30ClN3O3. The Hall–Kier alpha value is -2.86. The monoisotopic (exact) mass is 455 g/mol. The van der Waals surface area contributed by atoms with E-state index in [4.69, 9.17) is 11.6 Å². The number of likely N-dealkylation sites (tertiary alicyclic amines) is 1. The van der Waals surface area contributed by atoms with Crippen LogP contribution in [0.1, 0.15) is 53.0 Å². The number of rotatable bonds is 6. The number of carbonyl (C=O) groups is 3. The molecule has 7 heteroatoms. The Bertz CT molecular complexity index is 984. The van der Waals surface area contributed by atoms with Crippen LogP contribution in [-0.4, -0.2) is 47.8 Å². The van der Waals surface area contributed by atoms with Gasteiger partial charge in [0.2, 0.25) is 5.91 Å². The van der Waals surface area contributed by atoms with Crippen molar-refractivity contribution in [1.82, 2.24) is 15.5 Å². The fraction of sp³-hybridized carbons (Fsp3) is 0.400. The van der Waals surface area contributed by atoms with Crippen LogP contribution in [0.5, 0.6) is 0 Å². The number of benzene rings is 2. The minimum Gasteiger partial charge on any atom is -0.349 e. The molecule has 2 N–H and O–H groups in total. The Kier molecular flexibility index (Phi) is 7.91. The van der Waals surface area contributed by atoms with Gasteiger partial charge in [-0.15, -0.1) is 0 Å². The lowest BCUT2D eigenvalue weighted by atomic mass is 9.98. The van der Waals surface area contributed by atoms with E-state index in [9.17, 15) is 14.4 Å². The van der Waals surface area contributed by atoms with Crippen LogP contribution in [0, 0.1) is 12.8 Å². The van der Waals surface area contributed by atoms with Gasteiger partial charge in [-0.2, -0.15) is 0 Å². The number of amides is 3. The third-order valence-corrected chi connectivity index (χ3v) is 6.20. The van der Waals surface area contributed by atoms with Gasteiger partial charge >= 0.3 is 0 Å². The first-order chi connectivity index (χ1) is 15.3. The van der Waals surface area contributed by atoms with Crippen LogP contribution < -0.4 is 10.6 Å². The van der Waals surface area contributed by atoms with Crippen molar-refractivity contribution in [2.75, 3.05) is 13.1 Å². The number of carbonyl (C=O) groups excluding carboxylic acids is 3. The summed E-state index contributed by atoms with van der Waals surface area (Å²) in [7, 11) is 0. The lowest BCUT2D eigenvalue weighted by Crippen LogP contribution is -2.54. The Morgan fingerprint density at radius 3 is 2.12 bits per heavy atom. The molecule has 1 fully saturated rings. The van der Waals surface area contributed by atoms with E-state index in [0.717, 1.165) is 5.56 Å². The fourth-order valence-electron chi connectivity index (χ4n) is 3.91. The topological polar surface area (TPSA) is 78.5 Å². The highest BCUT2D eigenvalue weighted by Gasteiger charge is 2.32. The molecule has 1 saturated heterocycles. The summed E-state index contributed by atoms with van der Waals surface area (Å²) in [5.41, 5.74) is 1.96. The average Bonchev–Trinajstić information content (AvgIpc) is 2.77. The van der Waals surface area contributed by atoms with Gasteiger partial charge in [0.15, 0.2) is 0 Å². The molecule has 0 saturated carbocycles. The second kappa shape index (κ2) is 10.6. The number of nitrogens with one attached hydrogen (secondary N) is 2. The number of piperidine rings is 1. The van der Waals surface area contributed by atoms with Gasteiger partial charge in [0.25, 0.3) is 11.8 Å². The number of nitrogens with zero attached hydrogens (tertiary/aromatic N) is 1. The highest BCUT2D eigenvalue weighted by Crippen LogP contribution is 2.18. The van der Waals surface area contributed by atoms with Gasteiger partial charge in [0, 0.05) is 24.7 Å². The zero-order chi connectivity index (χ0) is 23.3. The fourth-order valence-corrected chi connectivity index (χ4v) is 4.13. The van der Waals surface area contributed by atoms with Gasteiger partial charge in [-0.25, -0.2) is 0 Å². The van der Waals surface area contributed by atoms with Crippen molar-refractivity contribution >= 4 is 29.3 Å². The smallest absolute Gasteiger partial charge is 0.253 e. The molecule has 2 aromatic carbocycles. The molecular weight excluding hydrogens is 426 g/mol. The largest absolute Gasteiger partial charge is 0.349 e. The third-order valence-electron chi connectivity index (χ3n) is 5.87. The first kappa shape index (κ1) is 23.8. The minimum atomic E-state index is -0.642. The van der Waals surface area contributed by atoms with E-state index in [-0.39, 0.29) is 29.7 Å². The molecule has 6 nitrogen and oxygen atoms in total. The summed E-state index contributed by atoms with van der Waals surface area (Å²) in [6.07, 6.45) is 1.35. The lowest BCUT2D eigenvalue weighted by Gasteiger charge is -2.35. The van der Waals surface area contributed by atoms with Crippen LogP contribution in [-0.2, 0) is 4.79 Å². The van der Waals surface area contributed by atoms with Gasteiger partial charge in [-0.3, -0.25) is 14.4 Å². The van der Waals surface area contributed by atoms with E-state index >= 15 is 0 Å². The Morgan fingerprint density at radius 2 is 1.53 bits per heavy atom. The molecule has 0 aromatic heterocycles. The zero-order valence-corrected chi connectivity index (χ0v) is 19.5. The number of hydrogen-bond donors (Lipinski definition) is 2. The second-order valence-electron chi connectivity index (χ2n) is 8.56. The second-order valence-corrected chi connectivity index (χ2v) is 8.97. The summed E-state index contributed by atoms with van der Waals surface area (Å²) < 4.78 is 0. The maximum Gasteiger partial charge on any atom is 0.253 e. The van der Waals surface area contributed by atoms with Crippen molar-refractivity contribution in [2.45, 2.75) is 45.7 Å². The van der Waals surface area contributed by atoms with Crippen LogP contribution in [0.15, 0.2) is 48.5 Å². The predicted molar refractivity (Wildman–Crippen MR) is 126 cm³/mol. The molecule has 1 aliphatic rings. The lowest BCUT2D eigenvalue weighted by molar-refractivity contribution is -0.135. The van der Waals surface area contributed by atoms with E-state index in [1.165, 1.54) is 0 Å². The van der Waals surface area contributed by atoms with Gasteiger partial charge < -0.3 is 15.5 Å². The molecule has 3 amide bonds. The Labute approximate surface area is 194 Å². The first-order valence-corrected chi connectivity index (χ1v) is 11.4. The van der Waals surface area contributed by atoms with Crippen LogP contribution in [0.4, 0.5) is 0 Å². The van der Waals surface area contributed by atoms with E-state index in [0.29, 0.717) is 42.1 Å². The van der Waals surface area contributed by atoms with E-state index < -0.39 is 6.04 Å². The zero-order valence-electron chi connectivity index (χ0n) is 18.7. The molecule has 0 spiro atoms. The molecule has 1 atom stereocenters. The van der Waals surface area contributed by atoms with Gasteiger partial charge in [-0.1, -0.05) is 55.8 Å². The summed E-state index contributed by atoms with van der Waals surface area (Å²) in [6, 6.07) is 13.7. The van der Waals surface area contributed by atoms with Gasteiger partial charge in [0.05, 0.1) is 10.6 Å². The quantitative estimate of drug-likeness (QED) is 0.694. The van der Waals surface area contributed by atoms with Crippen molar-refractivity contribution in [1.29, 1.82) is 0 Å². The van der Waals surface area contributed by atoms with Crippen LogP contribution >= 0.6 is 11.6 Å². The van der Waals surface area contributed by atoms with Crippen LogP contribution in [0.25, 0.3) is 0 Å². The SMILES string of the molecule is Cc1ccccc1C(=O)NC1CCN(C(=O)C(NC(=O)c2ccccc2Cl)C(C)C)CC1. The molecule has 0 bridgehead atoms. The summed E-state index contributed by atoms with van der Waals surface area (Å²) in [6.45, 7) is 6.79. The van der Waals surface area contributed by atoms with Crippen molar-refractivity contribution in [3.05, 3.63) is 70.2 Å². The van der Waals surface area contributed by atoms with Crippen LogP contribution in [0.2, 0.25) is 5.02 Å². The Morgan fingerprint density at radius 1 is 0.938 bits per heavy atom. The molecule has 2 aromatic rings. The van der Waals surface area contributed by atoms with Gasteiger partial charge in [0.1, 0.15) is 6.04 Å². The summed E-state index contributed by atoms with van der Waals surface area (Å²) >= 11 is 6.13. The average molecular weight is 456 g/mol. The van der Waals surface area contributed by atoms with Crippen molar-refractivity contribution in [3.8, 4) is 0 Å². The molecule has 0 aliphatic carbocycles. The standard InChI is InChI=1S/C25H30ClN3O3/c1-16(2)22(28-24(31)20-10-6-7-11-21(20)26)25(32)29-14-12-18(13-15-29)27-23(30)19-9-5-4-8-17(19)3/h4-11,16,18,22H,12-15H2,1-3H3,(H,27,30)(H,28,31). The number of aryl methyl sites for hydroxylation is 1. The Balaban J connectivity index is 1.58. The highest BCUT2D eigenvalue weighted by molar-refractivity contribution is 6.33. The van der Waals surface area contributed by atoms with E-state index in [1.54, 1.807) is 29.2 Å². The van der Waals surface area contributed by atoms with E-state index in [1.807, 2.05) is 45.0 Å². The normalized spacial score (nSPS) is 15.3. The predicted octanol–water partition coefficient (Wildman–Crippen LogP) is 3.82. The molecule has 3 rings (SSSR count). The van der Waals surface area contributed by atoms with Gasteiger partial charge in [-0.05, 0) is 49.4 Å². The molecule has 170 valence electrons. The highest BCUT2D eigenvalue weighted by atomic mass is 35.5. The molecule has 1 unspecified atom stereocenters. The summed E-state index contributed by atoms with van der Waals surface area (Å²) in [4.78, 5) is 40.2. The maximum absolute atomic E-state index is 13.2. The number of halogens is 1. The van der Waals surface area contributed by atoms with E-state index in [2.05, 4.69) is 10.6 Å². The maximum atomic E-state index is 13.2. The number of hydrogen-bond acceptors (Lipinski definition) is 3. The van der Waals surface area contributed by atoms with Crippen molar-refractivity contribution in [3.63, 3.8) is 0 Å². The first-order valence-electron chi connectivity index (χ1n) is 11.0. The molecule has 32 heavy (non-hydrogen) atoms.